The topological polar surface area (TPSA) is 54.9 Å². The summed E-state index contributed by atoms with van der Waals surface area (Å²) < 4.78 is 0. The summed E-state index contributed by atoms with van der Waals surface area (Å²) in [7, 11) is 0. The largest absolute Gasteiger partial charge is 0.351 e. The van der Waals surface area contributed by atoms with Gasteiger partial charge < -0.3 is 5.32 Å². The van der Waals surface area contributed by atoms with Crippen LogP contribution in [0, 0.1) is 0 Å². The second-order valence-electron chi connectivity index (χ2n) is 6.09. The third-order valence-corrected chi connectivity index (χ3v) is 6.53. The van der Waals surface area contributed by atoms with E-state index in [1.54, 1.807) is 6.20 Å². The van der Waals surface area contributed by atoms with E-state index in [-0.39, 0.29) is 5.91 Å². The van der Waals surface area contributed by atoms with Gasteiger partial charge >= 0.3 is 0 Å². The molecule has 1 aliphatic rings. The second-order valence-corrected chi connectivity index (χ2v) is 8.28. The molecule has 1 amide bonds. The highest BCUT2D eigenvalue weighted by molar-refractivity contribution is 7.16. The lowest BCUT2D eigenvalue weighted by molar-refractivity contribution is 0.0958. The second kappa shape index (κ2) is 7.45. The third kappa shape index (κ3) is 3.80. The van der Waals surface area contributed by atoms with E-state index in [0.717, 1.165) is 28.4 Å². The number of rotatable bonds is 5. The Hall–Kier alpha value is -2.05. The number of carbonyl (C=O) groups is 1. The van der Waals surface area contributed by atoms with Crippen LogP contribution in [0.3, 0.4) is 0 Å². The summed E-state index contributed by atoms with van der Waals surface area (Å²) in [6.45, 7) is 0.615. The summed E-state index contributed by atoms with van der Waals surface area (Å²) >= 11 is 3.24. The monoisotopic (exact) mass is 369 g/mol. The first kappa shape index (κ1) is 16.4. The van der Waals surface area contributed by atoms with Gasteiger partial charge in [0.2, 0.25) is 0 Å². The Morgan fingerprint density at radius 2 is 1.96 bits per heavy atom. The van der Waals surface area contributed by atoms with Crippen molar-refractivity contribution in [1.29, 1.82) is 0 Å². The number of thiazole rings is 2. The highest BCUT2D eigenvalue weighted by Gasteiger charge is 2.15. The Balaban J connectivity index is 1.33. The molecule has 25 heavy (non-hydrogen) atoms. The molecule has 1 aromatic carbocycles. The zero-order valence-electron chi connectivity index (χ0n) is 13.8. The molecule has 0 saturated carbocycles. The van der Waals surface area contributed by atoms with Gasteiger partial charge in [-0.2, -0.15) is 0 Å². The molecule has 0 unspecified atom stereocenters. The van der Waals surface area contributed by atoms with Gasteiger partial charge in [0.15, 0.2) is 0 Å². The van der Waals surface area contributed by atoms with Crippen molar-refractivity contribution in [2.75, 3.05) is 6.54 Å². The summed E-state index contributed by atoms with van der Waals surface area (Å²) in [4.78, 5) is 23.5. The molecule has 2 heterocycles. The van der Waals surface area contributed by atoms with Gasteiger partial charge in [0.05, 0.1) is 16.9 Å². The molecule has 0 spiro atoms. The Bertz CT molecular complexity index is 846. The SMILES string of the molecule is O=C(NCCc1nc2c(s1)CCCC2)c1cnc(-c2ccccc2)s1. The van der Waals surface area contributed by atoms with Crippen molar-refractivity contribution in [3.05, 3.63) is 57.0 Å². The van der Waals surface area contributed by atoms with Crippen molar-refractivity contribution in [3.63, 3.8) is 0 Å². The predicted molar refractivity (Wildman–Crippen MR) is 102 cm³/mol. The Morgan fingerprint density at radius 1 is 1.12 bits per heavy atom. The van der Waals surface area contributed by atoms with Crippen LogP contribution in [0.25, 0.3) is 10.6 Å². The van der Waals surface area contributed by atoms with Gasteiger partial charge in [-0.25, -0.2) is 9.97 Å². The molecular formula is C19H19N3OS2. The van der Waals surface area contributed by atoms with Crippen molar-refractivity contribution in [2.45, 2.75) is 32.1 Å². The average Bonchev–Trinajstić information content (AvgIpc) is 3.29. The normalized spacial score (nSPS) is 13.4. The lowest BCUT2D eigenvalue weighted by Crippen LogP contribution is -2.24. The van der Waals surface area contributed by atoms with E-state index in [2.05, 4.69) is 10.3 Å². The number of nitrogens with zero attached hydrogens (tertiary/aromatic N) is 2. The van der Waals surface area contributed by atoms with Crippen LogP contribution in [0.1, 0.15) is 38.1 Å². The lowest BCUT2D eigenvalue weighted by atomic mass is 10.0. The minimum absolute atomic E-state index is 0.0546. The van der Waals surface area contributed by atoms with Gasteiger partial charge in [-0.3, -0.25) is 4.79 Å². The molecule has 3 aromatic rings. The Labute approximate surface area is 155 Å². The molecule has 4 nitrogen and oxygen atoms in total. The number of hydrogen-bond acceptors (Lipinski definition) is 5. The van der Waals surface area contributed by atoms with Gasteiger partial charge in [0.1, 0.15) is 9.88 Å². The van der Waals surface area contributed by atoms with E-state index in [4.69, 9.17) is 4.98 Å². The van der Waals surface area contributed by atoms with Crippen LogP contribution >= 0.6 is 22.7 Å². The fourth-order valence-corrected chi connectivity index (χ4v) is 4.97. The van der Waals surface area contributed by atoms with Gasteiger partial charge in [0.25, 0.3) is 5.91 Å². The van der Waals surface area contributed by atoms with Crippen LogP contribution in [0.5, 0.6) is 0 Å². The molecule has 0 saturated heterocycles. The number of benzene rings is 1. The van der Waals surface area contributed by atoms with E-state index in [0.29, 0.717) is 11.4 Å². The molecule has 0 radical (unpaired) electrons. The summed E-state index contributed by atoms with van der Waals surface area (Å²) in [5.41, 5.74) is 2.33. The van der Waals surface area contributed by atoms with E-state index in [1.807, 2.05) is 41.7 Å². The van der Waals surface area contributed by atoms with Crippen LogP contribution in [0.15, 0.2) is 36.5 Å². The zero-order valence-corrected chi connectivity index (χ0v) is 15.5. The van der Waals surface area contributed by atoms with Crippen LogP contribution in [-0.2, 0) is 19.3 Å². The number of nitrogens with one attached hydrogen (secondary N) is 1. The molecule has 0 fully saturated rings. The van der Waals surface area contributed by atoms with Crippen molar-refractivity contribution in [2.24, 2.45) is 0 Å². The maximum Gasteiger partial charge on any atom is 0.263 e. The molecule has 0 atom stereocenters. The highest BCUT2D eigenvalue weighted by atomic mass is 32.1. The quantitative estimate of drug-likeness (QED) is 0.736. The highest BCUT2D eigenvalue weighted by Crippen LogP contribution is 2.27. The van der Waals surface area contributed by atoms with Gasteiger partial charge in [0, 0.05) is 23.4 Å². The number of aromatic nitrogens is 2. The summed E-state index contributed by atoms with van der Waals surface area (Å²) in [5, 5.41) is 5.00. The van der Waals surface area contributed by atoms with Crippen LogP contribution in [0.4, 0.5) is 0 Å². The number of amides is 1. The standard InChI is InChI=1S/C19H19N3OS2/c23-18(16-12-21-19(25-16)13-6-2-1-3-7-13)20-11-10-17-22-14-8-4-5-9-15(14)24-17/h1-3,6-7,12H,4-5,8-11H2,(H,20,23). The van der Waals surface area contributed by atoms with Gasteiger partial charge in [-0.1, -0.05) is 30.3 Å². The molecule has 4 rings (SSSR count). The van der Waals surface area contributed by atoms with Crippen molar-refractivity contribution in [1.82, 2.24) is 15.3 Å². The summed E-state index contributed by atoms with van der Waals surface area (Å²) in [5.74, 6) is -0.0546. The molecule has 1 N–H and O–H groups in total. The van der Waals surface area contributed by atoms with Crippen LogP contribution in [-0.4, -0.2) is 22.4 Å². The first-order chi connectivity index (χ1) is 12.3. The Morgan fingerprint density at radius 3 is 2.80 bits per heavy atom. The van der Waals surface area contributed by atoms with Crippen LogP contribution in [0.2, 0.25) is 0 Å². The van der Waals surface area contributed by atoms with E-state index < -0.39 is 0 Å². The predicted octanol–water partition coefficient (Wildman–Crippen LogP) is 4.12. The lowest BCUT2D eigenvalue weighted by Gasteiger charge is -2.06. The number of carbonyl (C=O) groups excluding carboxylic acids is 1. The van der Waals surface area contributed by atoms with Crippen LogP contribution < -0.4 is 5.32 Å². The van der Waals surface area contributed by atoms with E-state index >= 15 is 0 Å². The first-order valence-electron chi connectivity index (χ1n) is 8.56. The molecule has 128 valence electrons. The van der Waals surface area contributed by atoms with Gasteiger partial charge in [-0.15, -0.1) is 22.7 Å². The minimum Gasteiger partial charge on any atom is -0.351 e. The molecular weight excluding hydrogens is 350 g/mol. The van der Waals surface area contributed by atoms with E-state index in [9.17, 15) is 4.79 Å². The van der Waals surface area contributed by atoms with Gasteiger partial charge in [-0.05, 0) is 25.7 Å². The smallest absolute Gasteiger partial charge is 0.263 e. The average molecular weight is 370 g/mol. The van der Waals surface area contributed by atoms with Crippen molar-refractivity contribution in [3.8, 4) is 10.6 Å². The van der Waals surface area contributed by atoms with Crippen molar-refractivity contribution >= 4 is 28.6 Å². The minimum atomic E-state index is -0.0546. The maximum absolute atomic E-state index is 12.3. The Kier molecular flexibility index (Phi) is 4.90. The third-order valence-electron chi connectivity index (χ3n) is 4.26. The fourth-order valence-electron chi connectivity index (χ4n) is 2.98. The molecule has 0 aliphatic heterocycles. The molecule has 2 aromatic heterocycles. The van der Waals surface area contributed by atoms with E-state index in [1.165, 1.54) is 41.2 Å². The fraction of sp³-hybridized carbons (Fsp3) is 0.316. The maximum atomic E-state index is 12.3. The summed E-state index contributed by atoms with van der Waals surface area (Å²) in [6.07, 6.45) is 7.27. The summed E-state index contributed by atoms with van der Waals surface area (Å²) in [6, 6.07) is 9.94. The molecule has 0 bridgehead atoms. The first-order valence-corrected chi connectivity index (χ1v) is 10.2. The zero-order chi connectivity index (χ0) is 17.1. The van der Waals surface area contributed by atoms with Crippen molar-refractivity contribution < 1.29 is 4.79 Å². The molecule has 6 heteroatoms. The number of fused-ring (bicyclic) bond motifs is 1. The molecule has 1 aliphatic carbocycles. The number of aryl methyl sites for hydroxylation is 2. The number of hydrogen-bond donors (Lipinski definition) is 1.